The van der Waals surface area contributed by atoms with E-state index in [1.165, 1.54) is 5.39 Å². The van der Waals surface area contributed by atoms with Crippen molar-refractivity contribution in [1.82, 2.24) is 10.3 Å². The van der Waals surface area contributed by atoms with Gasteiger partial charge in [0.05, 0.1) is 13.2 Å². The summed E-state index contributed by atoms with van der Waals surface area (Å²) >= 11 is 0. The normalized spacial score (nSPS) is 12.5. The third-order valence-corrected chi connectivity index (χ3v) is 3.30. The molecule has 1 unspecified atom stereocenters. The lowest BCUT2D eigenvalue weighted by Gasteiger charge is -2.19. The van der Waals surface area contributed by atoms with E-state index in [0.29, 0.717) is 19.8 Å². The van der Waals surface area contributed by atoms with Gasteiger partial charge in [-0.3, -0.25) is 4.98 Å². The van der Waals surface area contributed by atoms with Crippen LogP contribution in [0.1, 0.15) is 18.5 Å². The maximum Gasteiger partial charge on any atom is 0.0672 e. The zero-order valence-corrected chi connectivity index (χ0v) is 12.5. The summed E-state index contributed by atoms with van der Waals surface area (Å²) in [6.07, 6.45) is 3.77. The van der Waals surface area contributed by atoms with Crippen LogP contribution >= 0.6 is 0 Å². The molecule has 1 aromatic carbocycles. The van der Waals surface area contributed by atoms with Gasteiger partial charge in [-0.2, -0.15) is 0 Å². The van der Waals surface area contributed by atoms with E-state index in [1.54, 1.807) is 0 Å². The van der Waals surface area contributed by atoms with Gasteiger partial charge in [-0.15, -0.1) is 0 Å². The Morgan fingerprint density at radius 1 is 1.38 bits per heavy atom. The molecule has 0 bridgehead atoms. The molecule has 2 aromatic rings. The van der Waals surface area contributed by atoms with Crippen LogP contribution in [-0.2, 0) is 4.74 Å². The van der Waals surface area contributed by atoms with Crippen molar-refractivity contribution in [3.05, 3.63) is 54.4 Å². The quantitative estimate of drug-likeness (QED) is 0.577. The third kappa shape index (κ3) is 4.36. The molecule has 0 saturated carbocycles. The maximum atomic E-state index is 5.91. The van der Waals surface area contributed by atoms with Gasteiger partial charge >= 0.3 is 0 Å². The van der Waals surface area contributed by atoms with E-state index in [2.05, 4.69) is 29.0 Å². The van der Waals surface area contributed by atoms with Crippen LogP contribution in [0.15, 0.2) is 48.8 Å². The Hall–Kier alpha value is -1.75. The molecule has 0 amide bonds. The second kappa shape index (κ2) is 7.88. The van der Waals surface area contributed by atoms with Crippen molar-refractivity contribution < 1.29 is 4.74 Å². The monoisotopic (exact) mass is 285 g/mol. The van der Waals surface area contributed by atoms with Crippen LogP contribution in [-0.4, -0.2) is 31.3 Å². The number of nitrogens with zero attached hydrogens (tertiary/aromatic N) is 1. The first-order valence-corrected chi connectivity index (χ1v) is 7.20. The van der Waals surface area contributed by atoms with Crippen LogP contribution in [0.4, 0.5) is 0 Å². The number of hydrogen-bond donors (Lipinski definition) is 2. The van der Waals surface area contributed by atoms with E-state index in [0.717, 1.165) is 23.1 Å². The molecule has 1 atom stereocenters. The molecule has 1 aromatic heterocycles. The summed E-state index contributed by atoms with van der Waals surface area (Å²) in [5.41, 5.74) is 8.08. The minimum absolute atomic E-state index is 0.0806. The number of benzene rings is 1. The number of rotatable bonds is 8. The highest BCUT2D eigenvalue weighted by atomic mass is 16.5. The molecule has 0 aliphatic carbocycles. The highest BCUT2D eigenvalue weighted by Crippen LogP contribution is 2.22. The smallest absolute Gasteiger partial charge is 0.0672 e. The van der Waals surface area contributed by atoms with E-state index >= 15 is 0 Å². The molecule has 4 heteroatoms. The fourth-order valence-electron chi connectivity index (χ4n) is 2.29. The molecule has 0 radical (unpaired) electrons. The zero-order valence-electron chi connectivity index (χ0n) is 12.5. The fourth-order valence-corrected chi connectivity index (χ4v) is 2.29. The molecule has 0 aliphatic heterocycles. The molecule has 0 aliphatic rings. The number of ether oxygens (including phenoxy) is 1. The van der Waals surface area contributed by atoms with Gasteiger partial charge in [0.1, 0.15) is 0 Å². The fraction of sp³-hybridized carbons (Fsp3) is 0.353. The molecular formula is C17H23N3O. The molecule has 2 rings (SSSR count). The SMILES string of the molecule is C=C(C)COCCNC(CN)c1cncc2ccccc12. The molecule has 0 spiro atoms. The topological polar surface area (TPSA) is 60.2 Å². The highest BCUT2D eigenvalue weighted by molar-refractivity contribution is 5.85. The molecule has 0 fully saturated rings. The molecular weight excluding hydrogens is 262 g/mol. The Labute approximate surface area is 126 Å². The van der Waals surface area contributed by atoms with Gasteiger partial charge in [0.2, 0.25) is 0 Å². The van der Waals surface area contributed by atoms with Gasteiger partial charge in [0.15, 0.2) is 0 Å². The predicted octanol–water partition coefficient (Wildman–Crippen LogP) is 2.42. The molecule has 112 valence electrons. The van der Waals surface area contributed by atoms with Gasteiger partial charge in [-0.1, -0.05) is 36.4 Å². The van der Waals surface area contributed by atoms with E-state index < -0.39 is 0 Å². The third-order valence-electron chi connectivity index (χ3n) is 3.30. The second-order valence-electron chi connectivity index (χ2n) is 5.20. The summed E-state index contributed by atoms with van der Waals surface area (Å²) < 4.78 is 5.49. The van der Waals surface area contributed by atoms with Crippen molar-refractivity contribution in [2.75, 3.05) is 26.3 Å². The molecule has 3 N–H and O–H groups in total. The minimum Gasteiger partial charge on any atom is -0.376 e. The lowest BCUT2D eigenvalue weighted by Crippen LogP contribution is -2.31. The summed E-state index contributed by atoms with van der Waals surface area (Å²) in [6.45, 7) is 8.28. The van der Waals surface area contributed by atoms with Gasteiger partial charge in [-0.05, 0) is 17.9 Å². The lowest BCUT2D eigenvalue weighted by molar-refractivity contribution is 0.155. The van der Waals surface area contributed by atoms with Crippen LogP contribution in [0.2, 0.25) is 0 Å². The number of nitrogens with one attached hydrogen (secondary N) is 1. The van der Waals surface area contributed by atoms with Gasteiger partial charge in [0, 0.05) is 36.9 Å². The number of pyridine rings is 1. The first-order chi connectivity index (χ1) is 10.2. The minimum atomic E-state index is 0.0806. The van der Waals surface area contributed by atoms with E-state index in [4.69, 9.17) is 10.5 Å². The largest absolute Gasteiger partial charge is 0.376 e. The van der Waals surface area contributed by atoms with E-state index in [1.807, 2.05) is 31.5 Å². The van der Waals surface area contributed by atoms with E-state index in [9.17, 15) is 0 Å². The van der Waals surface area contributed by atoms with Crippen molar-refractivity contribution in [3.63, 3.8) is 0 Å². The summed E-state index contributed by atoms with van der Waals surface area (Å²) in [7, 11) is 0. The number of fused-ring (bicyclic) bond motifs is 1. The molecule has 21 heavy (non-hydrogen) atoms. The number of hydrogen-bond acceptors (Lipinski definition) is 4. The molecule has 1 heterocycles. The average molecular weight is 285 g/mol. The Kier molecular flexibility index (Phi) is 5.87. The maximum absolute atomic E-state index is 5.91. The Bertz CT molecular complexity index is 592. The van der Waals surface area contributed by atoms with Crippen molar-refractivity contribution in [2.45, 2.75) is 13.0 Å². The highest BCUT2D eigenvalue weighted by Gasteiger charge is 2.12. The van der Waals surface area contributed by atoms with Crippen LogP contribution < -0.4 is 11.1 Å². The summed E-state index contributed by atoms with van der Waals surface area (Å²) in [5, 5.41) is 5.76. The second-order valence-corrected chi connectivity index (χ2v) is 5.20. The Balaban J connectivity index is 2.01. The molecule has 0 saturated heterocycles. The van der Waals surface area contributed by atoms with Crippen molar-refractivity contribution >= 4 is 10.8 Å². The van der Waals surface area contributed by atoms with Crippen LogP contribution in [0.25, 0.3) is 10.8 Å². The van der Waals surface area contributed by atoms with Gasteiger partial charge in [-0.25, -0.2) is 0 Å². The lowest BCUT2D eigenvalue weighted by atomic mass is 10.0. The zero-order chi connectivity index (χ0) is 15.1. The number of aromatic nitrogens is 1. The summed E-state index contributed by atoms with van der Waals surface area (Å²) in [6, 6.07) is 8.31. The predicted molar refractivity (Wildman–Crippen MR) is 87.2 cm³/mol. The Morgan fingerprint density at radius 2 is 2.19 bits per heavy atom. The van der Waals surface area contributed by atoms with Crippen molar-refractivity contribution in [2.24, 2.45) is 5.73 Å². The van der Waals surface area contributed by atoms with Gasteiger partial charge < -0.3 is 15.8 Å². The summed E-state index contributed by atoms with van der Waals surface area (Å²) in [4.78, 5) is 4.31. The van der Waals surface area contributed by atoms with Crippen molar-refractivity contribution in [3.8, 4) is 0 Å². The first-order valence-electron chi connectivity index (χ1n) is 7.20. The van der Waals surface area contributed by atoms with Crippen LogP contribution in [0.5, 0.6) is 0 Å². The van der Waals surface area contributed by atoms with Crippen LogP contribution in [0.3, 0.4) is 0 Å². The van der Waals surface area contributed by atoms with Crippen LogP contribution in [0, 0.1) is 0 Å². The standard InChI is InChI=1S/C17H23N3O/c1-13(2)12-21-8-7-20-17(9-18)16-11-19-10-14-5-3-4-6-15(14)16/h3-6,10-11,17,20H,1,7-9,12,18H2,2H3. The first kappa shape index (κ1) is 15.6. The number of nitrogens with two attached hydrogens (primary N) is 1. The molecule has 4 nitrogen and oxygen atoms in total. The van der Waals surface area contributed by atoms with Gasteiger partial charge in [0.25, 0.3) is 0 Å². The summed E-state index contributed by atoms with van der Waals surface area (Å²) in [5.74, 6) is 0. The Morgan fingerprint density at radius 3 is 2.95 bits per heavy atom. The van der Waals surface area contributed by atoms with Crippen molar-refractivity contribution in [1.29, 1.82) is 0 Å². The average Bonchev–Trinajstić information content (AvgIpc) is 2.50. The van der Waals surface area contributed by atoms with E-state index in [-0.39, 0.29) is 6.04 Å².